The topological polar surface area (TPSA) is 52.0 Å². The van der Waals surface area contributed by atoms with E-state index < -0.39 is 0 Å². The number of hydrogen-bond donors (Lipinski definition) is 2. The molecule has 0 radical (unpaired) electrons. The quantitative estimate of drug-likeness (QED) is 0.395. The van der Waals surface area contributed by atoms with Crippen LogP contribution in [0, 0.1) is 0 Å². The van der Waals surface area contributed by atoms with E-state index in [0.717, 1.165) is 0 Å². The third-order valence-corrected chi connectivity index (χ3v) is 0.996. The monoisotopic (exact) mass is 156 g/mol. The molecule has 1 aromatic rings. The van der Waals surface area contributed by atoms with Crippen LogP contribution < -0.4 is 11.5 Å². The molecule has 46 valence electrons. The second kappa shape index (κ2) is 6.53. The molecule has 2 nitrogen and oxygen atoms in total. The van der Waals surface area contributed by atoms with Gasteiger partial charge in [0.2, 0.25) is 0 Å². The van der Waals surface area contributed by atoms with E-state index in [1.54, 1.807) is 12.1 Å². The Hall–Kier alpha value is 0.820. The van der Waals surface area contributed by atoms with Crippen LogP contribution in [0.1, 0.15) is 0 Å². The van der Waals surface area contributed by atoms with Gasteiger partial charge in [-0.15, -0.1) is 0 Å². The first kappa shape index (κ1) is 13.4. The summed E-state index contributed by atoms with van der Waals surface area (Å²) in [6.07, 6.45) is 0. The van der Waals surface area contributed by atoms with E-state index in [0.29, 0.717) is 11.4 Å². The summed E-state index contributed by atoms with van der Waals surface area (Å²) in [6.45, 7) is 0. The first-order valence-electron chi connectivity index (χ1n) is 2.40. The van der Waals surface area contributed by atoms with Gasteiger partial charge in [-0.3, -0.25) is 0 Å². The summed E-state index contributed by atoms with van der Waals surface area (Å²) in [4.78, 5) is 0. The Kier molecular flexibility index (Phi) is 8.75. The number of nitrogens with two attached hydrogens (primary N) is 2. The van der Waals surface area contributed by atoms with Crippen molar-refractivity contribution in [1.82, 2.24) is 0 Å². The van der Waals surface area contributed by atoms with Crippen molar-refractivity contribution < 1.29 is 0 Å². The summed E-state index contributed by atoms with van der Waals surface area (Å²) >= 11 is 0. The average Bonchev–Trinajstić information content (AvgIpc) is 1.77. The molecule has 10 heavy (non-hydrogen) atoms. The van der Waals surface area contributed by atoms with Crippen molar-refractivity contribution in [2.24, 2.45) is 0 Å². The number of anilines is 2. The number of para-hydroxylation sites is 2. The Labute approximate surface area is 105 Å². The molecule has 0 aliphatic heterocycles. The van der Waals surface area contributed by atoms with Gasteiger partial charge >= 0.3 is 59.1 Å². The molecular formula is C6H10N2Na2. The summed E-state index contributed by atoms with van der Waals surface area (Å²) in [5, 5.41) is 0. The normalized spacial score (nSPS) is 7.20. The van der Waals surface area contributed by atoms with Crippen LogP contribution in [0.15, 0.2) is 24.3 Å². The van der Waals surface area contributed by atoms with E-state index >= 15 is 0 Å². The Morgan fingerprint density at radius 1 is 0.800 bits per heavy atom. The zero-order valence-electron chi connectivity index (χ0n) is 4.46. The second-order valence-electron chi connectivity index (χ2n) is 1.63. The van der Waals surface area contributed by atoms with Crippen LogP contribution in [0.2, 0.25) is 0 Å². The molecule has 0 fully saturated rings. The van der Waals surface area contributed by atoms with Crippen molar-refractivity contribution in [2.75, 3.05) is 11.5 Å². The number of nitrogen functional groups attached to an aromatic ring is 2. The zero-order chi connectivity index (χ0) is 5.98. The SMILES string of the molecule is Nc1ccccc1N.[NaH].[NaH]. The molecule has 1 rings (SSSR count). The van der Waals surface area contributed by atoms with Gasteiger partial charge in [0.1, 0.15) is 0 Å². The second-order valence-corrected chi connectivity index (χ2v) is 1.63. The van der Waals surface area contributed by atoms with Gasteiger partial charge in [0.15, 0.2) is 0 Å². The van der Waals surface area contributed by atoms with Gasteiger partial charge in [-0.25, -0.2) is 0 Å². The van der Waals surface area contributed by atoms with E-state index in [2.05, 4.69) is 0 Å². The van der Waals surface area contributed by atoms with Gasteiger partial charge in [-0.1, -0.05) is 12.1 Å². The predicted molar refractivity (Wildman–Crippen MR) is 49.6 cm³/mol. The fourth-order valence-electron chi connectivity index (χ4n) is 0.511. The van der Waals surface area contributed by atoms with Crippen molar-refractivity contribution in [3.8, 4) is 0 Å². The fourth-order valence-corrected chi connectivity index (χ4v) is 0.511. The van der Waals surface area contributed by atoms with Crippen molar-refractivity contribution in [3.05, 3.63) is 24.3 Å². The molecule has 4 N–H and O–H groups in total. The average molecular weight is 156 g/mol. The van der Waals surface area contributed by atoms with Crippen LogP contribution in [-0.2, 0) is 0 Å². The van der Waals surface area contributed by atoms with Gasteiger partial charge in [-0.2, -0.15) is 0 Å². The third kappa shape index (κ3) is 3.86. The van der Waals surface area contributed by atoms with Crippen molar-refractivity contribution in [1.29, 1.82) is 0 Å². The summed E-state index contributed by atoms with van der Waals surface area (Å²) in [5.74, 6) is 0. The molecule has 0 aliphatic carbocycles. The minimum atomic E-state index is 0. The van der Waals surface area contributed by atoms with E-state index in [9.17, 15) is 0 Å². The van der Waals surface area contributed by atoms with E-state index in [1.807, 2.05) is 12.1 Å². The molecule has 0 atom stereocenters. The number of hydrogen-bond acceptors (Lipinski definition) is 2. The van der Waals surface area contributed by atoms with Crippen LogP contribution >= 0.6 is 0 Å². The molecule has 0 aromatic heterocycles. The first-order chi connectivity index (χ1) is 3.80. The van der Waals surface area contributed by atoms with E-state index in [1.165, 1.54) is 0 Å². The van der Waals surface area contributed by atoms with Crippen LogP contribution in [-0.4, -0.2) is 59.1 Å². The number of rotatable bonds is 0. The summed E-state index contributed by atoms with van der Waals surface area (Å²) < 4.78 is 0. The Morgan fingerprint density at radius 3 is 1.30 bits per heavy atom. The summed E-state index contributed by atoms with van der Waals surface area (Å²) in [5.41, 5.74) is 12.1. The molecule has 0 aliphatic rings. The number of benzene rings is 1. The predicted octanol–water partition coefficient (Wildman–Crippen LogP) is -0.446. The molecule has 0 amide bonds. The maximum atomic E-state index is 5.39. The summed E-state index contributed by atoms with van der Waals surface area (Å²) in [6, 6.07) is 7.25. The van der Waals surface area contributed by atoms with Gasteiger partial charge < -0.3 is 11.5 Å². The molecule has 0 bridgehead atoms. The van der Waals surface area contributed by atoms with E-state index in [4.69, 9.17) is 11.5 Å². The molecule has 0 spiro atoms. The molecular weight excluding hydrogens is 146 g/mol. The molecule has 0 saturated heterocycles. The van der Waals surface area contributed by atoms with E-state index in [-0.39, 0.29) is 59.1 Å². The van der Waals surface area contributed by atoms with Crippen molar-refractivity contribution >= 4 is 70.5 Å². The standard InChI is InChI=1S/C6H8N2.2Na.2H/c7-5-3-1-2-4-6(5)8;;;;/h1-4H,7-8H2;;;;. The van der Waals surface area contributed by atoms with Gasteiger partial charge in [-0.05, 0) is 12.1 Å². The Bertz CT molecular complexity index is 170. The van der Waals surface area contributed by atoms with Crippen molar-refractivity contribution in [2.45, 2.75) is 0 Å². The van der Waals surface area contributed by atoms with Crippen LogP contribution in [0.25, 0.3) is 0 Å². The summed E-state index contributed by atoms with van der Waals surface area (Å²) in [7, 11) is 0. The zero-order valence-corrected chi connectivity index (χ0v) is 4.46. The van der Waals surface area contributed by atoms with Gasteiger partial charge in [0.05, 0.1) is 11.4 Å². The van der Waals surface area contributed by atoms with Crippen LogP contribution in [0.4, 0.5) is 11.4 Å². The molecule has 0 saturated carbocycles. The minimum absolute atomic E-state index is 0. The first-order valence-corrected chi connectivity index (χ1v) is 2.40. The van der Waals surface area contributed by atoms with Crippen LogP contribution in [0.5, 0.6) is 0 Å². The van der Waals surface area contributed by atoms with Gasteiger partial charge in [0.25, 0.3) is 0 Å². The maximum absolute atomic E-state index is 5.39. The molecule has 4 heteroatoms. The molecule has 0 heterocycles. The molecule has 1 aromatic carbocycles. The van der Waals surface area contributed by atoms with Gasteiger partial charge in [0, 0.05) is 0 Å². The molecule has 0 unspecified atom stereocenters. The fraction of sp³-hybridized carbons (Fsp3) is 0. The Morgan fingerprint density at radius 2 is 1.10 bits per heavy atom. The van der Waals surface area contributed by atoms with Crippen LogP contribution in [0.3, 0.4) is 0 Å². The van der Waals surface area contributed by atoms with Crippen molar-refractivity contribution in [3.63, 3.8) is 0 Å². The Balaban J connectivity index is 0. The third-order valence-electron chi connectivity index (χ3n) is 0.996.